The second-order valence-electron chi connectivity index (χ2n) is 7.05. The van der Waals surface area contributed by atoms with Gasteiger partial charge in [-0.25, -0.2) is 0 Å². The van der Waals surface area contributed by atoms with Crippen molar-refractivity contribution in [3.05, 3.63) is 29.8 Å². The maximum Gasteiger partial charge on any atom is 0.387 e. The number of nitrogens with one attached hydrogen (secondary N) is 1. The van der Waals surface area contributed by atoms with E-state index in [2.05, 4.69) is 14.8 Å². The van der Waals surface area contributed by atoms with Crippen LogP contribution >= 0.6 is 0 Å². The Morgan fingerprint density at radius 3 is 2.30 bits per heavy atom. The topological polar surface area (TPSA) is 67.9 Å². The predicted molar refractivity (Wildman–Crippen MR) is 101 cm³/mol. The van der Waals surface area contributed by atoms with Gasteiger partial charge in [-0.3, -0.25) is 9.59 Å². The number of halogens is 4. The molecule has 0 aliphatic carbocycles. The number of benzene rings is 1. The Labute approximate surface area is 171 Å². The SMILES string of the molecule is CC(C)NC(=O)C1CCN(C(=O)/C=C/c2ccc(OC(F)F)cc2OC(F)F)CC1. The van der Waals surface area contributed by atoms with E-state index in [1.54, 1.807) is 4.90 Å². The third-order valence-electron chi connectivity index (χ3n) is 4.44. The third kappa shape index (κ3) is 7.23. The summed E-state index contributed by atoms with van der Waals surface area (Å²) in [6, 6.07) is 3.35. The van der Waals surface area contributed by atoms with Crippen molar-refractivity contribution in [3.8, 4) is 11.5 Å². The van der Waals surface area contributed by atoms with Crippen LogP contribution < -0.4 is 14.8 Å². The largest absolute Gasteiger partial charge is 0.435 e. The standard InChI is InChI=1S/C20H24F4N2O4/c1-12(2)25-18(28)14-7-9-26(10-8-14)17(27)6-4-13-3-5-15(29-19(21)22)11-16(13)30-20(23)24/h3-6,11-12,14,19-20H,7-10H2,1-2H3,(H,25,28)/b6-4+. The molecule has 1 aliphatic rings. The molecule has 1 heterocycles. The van der Waals surface area contributed by atoms with Crippen LogP contribution in [-0.2, 0) is 9.59 Å². The van der Waals surface area contributed by atoms with Crippen molar-refractivity contribution in [2.24, 2.45) is 5.92 Å². The highest BCUT2D eigenvalue weighted by molar-refractivity contribution is 5.92. The minimum absolute atomic E-state index is 0.0347. The van der Waals surface area contributed by atoms with Gasteiger partial charge in [-0.1, -0.05) is 0 Å². The van der Waals surface area contributed by atoms with E-state index in [9.17, 15) is 27.2 Å². The monoisotopic (exact) mass is 432 g/mol. The highest BCUT2D eigenvalue weighted by Gasteiger charge is 2.26. The van der Waals surface area contributed by atoms with Crippen molar-refractivity contribution in [2.75, 3.05) is 13.1 Å². The maximum absolute atomic E-state index is 12.6. The molecule has 0 spiro atoms. The number of amides is 2. The summed E-state index contributed by atoms with van der Waals surface area (Å²) in [6.07, 6.45) is 3.51. The lowest BCUT2D eigenvalue weighted by atomic mass is 9.95. The van der Waals surface area contributed by atoms with E-state index in [1.165, 1.54) is 18.2 Å². The first-order valence-electron chi connectivity index (χ1n) is 9.46. The van der Waals surface area contributed by atoms with E-state index < -0.39 is 19.0 Å². The molecule has 0 aromatic heterocycles. The molecule has 0 saturated carbocycles. The fourth-order valence-corrected chi connectivity index (χ4v) is 3.06. The second-order valence-corrected chi connectivity index (χ2v) is 7.05. The van der Waals surface area contributed by atoms with Crippen LogP contribution in [0.1, 0.15) is 32.3 Å². The van der Waals surface area contributed by atoms with Gasteiger partial charge in [0, 0.05) is 42.8 Å². The number of carbonyl (C=O) groups excluding carboxylic acids is 2. The van der Waals surface area contributed by atoms with Crippen LogP contribution in [0.15, 0.2) is 24.3 Å². The Kier molecular flexibility index (Phi) is 8.49. The summed E-state index contributed by atoms with van der Waals surface area (Å²) < 4.78 is 58.4. The zero-order valence-electron chi connectivity index (χ0n) is 16.6. The number of nitrogens with zero attached hydrogens (tertiary/aromatic N) is 1. The number of ether oxygens (including phenoxy) is 2. The first-order valence-corrected chi connectivity index (χ1v) is 9.46. The predicted octanol–water partition coefficient (Wildman–Crippen LogP) is 3.67. The minimum Gasteiger partial charge on any atom is -0.435 e. The molecule has 166 valence electrons. The number of piperidine rings is 1. The molecule has 6 nitrogen and oxygen atoms in total. The molecule has 1 aromatic rings. The Hall–Kier alpha value is -2.78. The average Bonchev–Trinajstić information content (AvgIpc) is 2.65. The van der Waals surface area contributed by atoms with Gasteiger partial charge in [0.05, 0.1) is 0 Å². The van der Waals surface area contributed by atoms with Crippen LogP contribution in [0.3, 0.4) is 0 Å². The summed E-state index contributed by atoms with van der Waals surface area (Å²) in [7, 11) is 0. The van der Waals surface area contributed by atoms with Gasteiger partial charge < -0.3 is 19.7 Å². The van der Waals surface area contributed by atoms with Gasteiger partial charge in [0.2, 0.25) is 11.8 Å². The summed E-state index contributed by atoms with van der Waals surface area (Å²) in [5.74, 6) is -1.28. The molecular formula is C20H24F4N2O4. The molecule has 2 rings (SSSR count). The summed E-state index contributed by atoms with van der Waals surface area (Å²) in [6.45, 7) is -1.76. The van der Waals surface area contributed by atoms with Crippen LogP contribution in [0, 0.1) is 5.92 Å². The van der Waals surface area contributed by atoms with Crippen molar-refractivity contribution in [1.82, 2.24) is 10.2 Å². The van der Waals surface area contributed by atoms with E-state index in [4.69, 9.17) is 0 Å². The molecule has 0 unspecified atom stereocenters. The minimum atomic E-state index is -3.18. The fraction of sp³-hybridized carbons (Fsp3) is 0.500. The van der Waals surface area contributed by atoms with Crippen molar-refractivity contribution in [3.63, 3.8) is 0 Å². The van der Waals surface area contributed by atoms with Gasteiger partial charge in [-0.15, -0.1) is 0 Å². The molecular weight excluding hydrogens is 408 g/mol. The lowest BCUT2D eigenvalue weighted by Gasteiger charge is -2.31. The molecule has 0 bridgehead atoms. The van der Waals surface area contributed by atoms with Gasteiger partial charge in [0.1, 0.15) is 11.5 Å². The quantitative estimate of drug-likeness (QED) is 0.503. The van der Waals surface area contributed by atoms with Gasteiger partial charge in [0.25, 0.3) is 0 Å². The maximum atomic E-state index is 12.6. The number of hydrogen-bond donors (Lipinski definition) is 1. The molecule has 1 aliphatic heterocycles. The van der Waals surface area contributed by atoms with Gasteiger partial charge >= 0.3 is 13.2 Å². The van der Waals surface area contributed by atoms with E-state index in [1.807, 2.05) is 13.8 Å². The number of hydrogen-bond acceptors (Lipinski definition) is 4. The van der Waals surface area contributed by atoms with Gasteiger partial charge in [-0.05, 0) is 44.9 Å². The van der Waals surface area contributed by atoms with Crippen LogP contribution in [0.25, 0.3) is 6.08 Å². The summed E-state index contributed by atoms with van der Waals surface area (Å²) in [5, 5.41) is 2.85. The van der Waals surface area contributed by atoms with Crippen LogP contribution in [0.2, 0.25) is 0 Å². The van der Waals surface area contributed by atoms with E-state index >= 15 is 0 Å². The van der Waals surface area contributed by atoms with E-state index in [-0.39, 0.29) is 35.1 Å². The van der Waals surface area contributed by atoms with Crippen molar-refractivity contribution < 1.29 is 36.6 Å². The smallest absolute Gasteiger partial charge is 0.387 e. The Morgan fingerprint density at radius 1 is 1.10 bits per heavy atom. The molecule has 10 heteroatoms. The van der Waals surface area contributed by atoms with Crippen LogP contribution in [0.4, 0.5) is 17.6 Å². The average molecular weight is 432 g/mol. The zero-order valence-corrected chi connectivity index (χ0v) is 16.6. The summed E-state index contributed by atoms with van der Waals surface area (Å²) in [4.78, 5) is 26.0. The summed E-state index contributed by atoms with van der Waals surface area (Å²) >= 11 is 0. The highest BCUT2D eigenvalue weighted by atomic mass is 19.3. The van der Waals surface area contributed by atoms with E-state index in [0.717, 1.165) is 12.1 Å². The Balaban J connectivity index is 2.01. The highest BCUT2D eigenvalue weighted by Crippen LogP contribution is 2.28. The summed E-state index contributed by atoms with van der Waals surface area (Å²) in [5.41, 5.74) is 0.108. The molecule has 1 saturated heterocycles. The van der Waals surface area contributed by atoms with Gasteiger partial charge in [0.15, 0.2) is 0 Å². The normalized spacial score (nSPS) is 15.3. The van der Waals surface area contributed by atoms with Crippen molar-refractivity contribution >= 4 is 17.9 Å². The molecule has 0 atom stereocenters. The number of carbonyl (C=O) groups is 2. The molecule has 1 fully saturated rings. The molecule has 1 N–H and O–H groups in total. The first-order chi connectivity index (χ1) is 14.2. The number of likely N-dealkylation sites (tertiary alicyclic amines) is 1. The number of alkyl halides is 4. The molecule has 0 radical (unpaired) electrons. The third-order valence-corrected chi connectivity index (χ3v) is 4.44. The second kappa shape index (κ2) is 10.8. The lowest BCUT2D eigenvalue weighted by molar-refractivity contribution is -0.132. The molecule has 2 amide bonds. The first kappa shape index (κ1) is 23.5. The van der Waals surface area contributed by atoms with Gasteiger partial charge in [-0.2, -0.15) is 17.6 Å². The molecule has 1 aromatic carbocycles. The Bertz CT molecular complexity index is 763. The zero-order chi connectivity index (χ0) is 22.3. The lowest BCUT2D eigenvalue weighted by Crippen LogP contribution is -2.43. The van der Waals surface area contributed by atoms with E-state index in [0.29, 0.717) is 25.9 Å². The number of rotatable bonds is 8. The van der Waals surface area contributed by atoms with Crippen molar-refractivity contribution in [1.29, 1.82) is 0 Å². The van der Waals surface area contributed by atoms with Crippen LogP contribution in [0.5, 0.6) is 11.5 Å². The molecule has 30 heavy (non-hydrogen) atoms. The van der Waals surface area contributed by atoms with Crippen molar-refractivity contribution in [2.45, 2.75) is 46.0 Å². The fourth-order valence-electron chi connectivity index (χ4n) is 3.06. The van der Waals surface area contributed by atoms with Crippen LogP contribution in [-0.4, -0.2) is 49.1 Å². The Morgan fingerprint density at radius 2 is 1.73 bits per heavy atom.